The maximum Gasteiger partial charge on any atom is 0.315 e. The van der Waals surface area contributed by atoms with Gasteiger partial charge in [-0.1, -0.05) is 0 Å². The van der Waals surface area contributed by atoms with Gasteiger partial charge in [-0.2, -0.15) is 5.10 Å². The average Bonchev–Trinajstić information content (AvgIpc) is 2.69. The van der Waals surface area contributed by atoms with E-state index < -0.39 is 28.3 Å². The number of carbonyl (C=O) groups excluding carboxylic acids is 1. The highest BCUT2D eigenvalue weighted by atomic mass is 16.6. The maximum absolute atomic E-state index is 12.1. The molecule has 0 saturated carbocycles. The third-order valence-electron chi connectivity index (χ3n) is 3.77. The normalized spacial score (nSPS) is 11.7. The predicted octanol–water partition coefficient (Wildman–Crippen LogP) is 2.27. The van der Waals surface area contributed by atoms with Crippen molar-refractivity contribution in [2.75, 3.05) is 19.5 Å². The second-order valence-corrected chi connectivity index (χ2v) is 5.67. The highest BCUT2D eigenvalue weighted by Gasteiger charge is 2.19. The molecule has 10 nitrogen and oxygen atoms in total. The lowest BCUT2D eigenvalue weighted by Crippen LogP contribution is -2.34. The molecule has 1 unspecified atom stereocenters. The quantitative estimate of drug-likeness (QED) is 0.358. The number of nitrogens with one attached hydrogen (secondary N) is 2. The zero-order valence-corrected chi connectivity index (χ0v) is 15.5. The lowest BCUT2D eigenvalue weighted by molar-refractivity contribution is -0.385. The van der Waals surface area contributed by atoms with E-state index in [1.807, 2.05) is 0 Å². The van der Waals surface area contributed by atoms with Crippen molar-refractivity contribution in [1.82, 2.24) is 5.43 Å². The van der Waals surface area contributed by atoms with Crippen LogP contribution in [0.25, 0.3) is 0 Å². The second-order valence-electron chi connectivity index (χ2n) is 5.67. The van der Waals surface area contributed by atoms with E-state index in [0.29, 0.717) is 11.4 Å². The number of hydrogen-bond donors (Lipinski definition) is 3. The van der Waals surface area contributed by atoms with Crippen molar-refractivity contribution in [2.24, 2.45) is 5.10 Å². The zero-order valence-electron chi connectivity index (χ0n) is 15.5. The highest BCUT2D eigenvalue weighted by molar-refractivity contribution is 5.89. The molecule has 1 atom stereocenters. The molecule has 0 aromatic heterocycles. The third kappa shape index (κ3) is 5.10. The van der Waals surface area contributed by atoms with Crippen molar-refractivity contribution < 1.29 is 24.3 Å². The molecule has 148 valence electrons. The molecule has 0 radical (unpaired) electrons. The summed E-state index contributed by atoms with van der Waals surface area (Å²) in [7, 11) is 2.90. The first-order chi connectivity index (χ1) is 13.3. The van der Waals surface area contributed by atoms with Gasteiger partial charge in [0, 0.05) is 11.3 Å². The van der Waals surface area contributed by atoms with E-state index in [9.17, 15) is 20.0 Å². The molecule has 0 fully saturated rings. The molecule has 0 saturated heterocycles. The number of nitrogens with zero attached hydrogens (tertiary/aromatic N) is 2. The number of aromatic hydroxyl groups is 1. The number of nitro benzene ring substituents is 1. The lowest BCUT2D eigenvalue weighted by Gasteiger charge is -2.13. The van der Waals surface area contributed by atoms with Crippen LogP contribution in [-0.2, 0) is 4.79 Å². The molecule has 2 aromatic carbocycles. The number of carbonyl (C=O) groups is 1. The number of hydrazone groups is 1. The predicted molar refractivity (Wildman–Crippen MR) is 103 cm³/mol. The Hall–Kier alpha value is -3.82. The minimum Gasteiger partial charge on any atom is -0.502 e. The van der Waals surface area contributed by atoms with Gasteiger partial charge in [-0.3, -0.25) is 14.9 Å². The monoisotopic (exact) mass is 388 g/mol. The molecule has 1 amide bonds. The lowest BCUT2D eigenvalue weighted by atomic mass is 10.1. The topological polar surface area (TPSA) is 135 Å². The number of ether oxygens (including phenoxy) is 2. The van der Waals surface area contributed by atoms with Gasteiger partial charge in [-0.15, -0.1) is 0 Å². The summed E-state index contributed by atoms with van der Waals surface area (Å²) in [5.41, 5.74) is 2.53. The Morgan fingerprint density at radius 3 is 2.43 bits per heavy atom. The van der Waals surface area contributed by atoms with Crippen LogP contribution in [0.15, 0.2) is 41.5 Å². The molecular weight excluding hydrogens is 368 g/mol. The van der Waals surface area contributed by atoms with Gasteiger partial charge >= 0.3 is 5.69 Å². The van der Waals surface area contributed by atoms with Crippen molar-refractivity contribution >= 4 is 23.5 Å². The Labute approximate surface area is 160 Å². The number of methoxy groups -OCH3 is 2. The maximum atomic E-state index is 12.1. The first-order valence-corrected chi connectivity index (χ1v) is 8.14. The van der Waals surface area contributed by atoms with Crippen LogP contribution >= 0.6 is 0 Å². The third-order valence-corrected chi connectivity index (χ3v) is 3.77. The number of benzene rings is 2. The molecule has 2 rings (SSSR count). The van der Waals surface area contributed by atoms with Gasteiger partial charge in [0.1, 0.15) is 17.5 Å². The van der Waals surface area contributed by atoms with E-state index in [0.717, 1.165) is 12.3 Å². The van der Waals surface area contributed by atoms with Gasteiger partial charge in [0.25, 0.3) is 5.91 Å². The van der Waals surface area contributed by atoms with Crippen LogP contribution in [0, 0.1) is 10.1 Å². The van der Waals surface area contributed by atoms with Crippen LogP contribution in [-0.4, -0.2) is 42.4 Å². The van der Waals surface area contributed by atoms with Crippen molar-refractivity contribution in [3.63, 3.8) is 0 Å². The van der Waals surface area contributed by atoms with E-state index in [1.54, 1.807) is 38.3 Å². The number of phenols is 1. The van der Waals surface area contributed by atoms with Crippen LogP contribution in [0.1, 0.15) is 12.5 Å². The van der Waals surface area contributed by atoms with E-state index >= 15 is 0 Å². The SMILES string of the molecule is COc1ccc(NC(C)C(=O)NN=Cc2cc(OC)cc([N+](=O)[O-])c2O)cc1. The summed E-state index contributed by atoms with van der Waals surface area (Å²) >= 11 is 0. The van der Waals surface area contributed by atoms with Crippen LogP contribution in [0.4, 0.5) is 11.4 Å². The van der Waals surface area contributed by atoms with Crippen molar-refractivity contribution in [2.45, 2.75) is 13.0 Å². The van der Waals surface area contributed by atoms with Gasteiger partial charge in [0.05, 0.1) is 31.4 Å². The summed E-state index contributed by atoms with van der Waals surface area (Å²) in [6, 6.07) is 8.87. The number of hydrogen-bond acceptors (Lipinski definition) is 8. The Kier molecular flexibility index (Phi) is 6.74. The fraction of sp³-hybridized carbons (Fsp3) is 0.222. The number of rotatable bonds is 8. The Balaban J connectivity index is 2.04. The Bertz CT molecular complexity index is 882. The molecular formula is C18H20N4O6. The van der Waals surface area contributed by atoms with E-state index in [-0.39, 0.29) is 11.3 Å². The molecule has 10 heteroatoms. The fourth-order valence-electron chi connectivity index (χ4n) is 2.23. The standard InChI is InChI=1S/C18H20N4O6/c1-11(20-13-4-6-14(27-2)7-5-13)18(24)21-19-10-12-8-15(28-3)9-16(17(12)23)22(25)26/h4-11,20,23H,1-3H3,(H,21,24). The van der Waals surface area contributed by atoms with Gasteiger partial charge in [-0.25, -0.2) is 5.43 Å². The van der Waals surface area contributed by atoms with Crippen molar-refractivity contribution in [3.05, 3.63) is 52.1 Å². The van der Waals surface area contributed by atoms with Crippen molar-refractivity contribution in [1.29, 1.82) is 0 Å². The summed E-state index contributed by atoms with van der Waals surface area (Å²) < 4.78 is 10.0. The molecule has 28 heavy (non-hydrogen) atoms. The Morgan fingerprint density at radius 2 is 1.86 bits per heavy atom. The molecule has 0 aliphatic heterocycles. The largest absolute Gasteiger partial charge is 0.502 e. The molecule has 0 aliphatic rings. The van der Waals surface area contributed by atoms with E-state index in [2.05, 4.69) is 15.8 Å². The molecule has 0 aliphatic carbocycles. The zero-order chi connectivity index (χ0) is 20.7. The Morgan fingerprint density at radius 1 is 1.21 bits per heavy atom. The first-order valence-electron chi connectivity index (χ1n) is 8.14. The smallest absolute Gasteiger partial charge is 0.315 e. The number of amides is 1. The second kappa shape index (κ2) is 9.21. The average molecular weight is 388 g/mol. The summed E-state index contributed by atoms with van der Waals surface area (Å²) in [4.78, 5) is 22.4. The van der Waals surface area contributed by atoms with Crippen molar-refractivity contribution in [3.8, 4) is 17.2 Å². The number of phenolic OH excluding ortho intramolecular Hbond substituents is 1. The summed E-state index contributed by atoms with van der Waals surface area (Å²) in [5, 5.41) is 27.7. The first kappa shape index (κ1) is 20.5. The fourth-order valence-corrected chi connectivity index (χ4v) is 2.23. The molecule has 3 N–H and O–H groups in total. The van der Waals surface area contributed by atoms with E-state index in [4.69, 9.17) is 9.47 Å². The molecule has 0 bridgehead atoms. The number of nitro groups is 1. The van der Waals surface area contributed by atoms with Gasteiger partial charge in [-0.05, 0) is 37.3 Å². The highest BCUT2D eigenvalue weighted by Crippen LogP contribution is 2.33. The summed E-state index contributed by atoms with van der Waals surface area (Å²) in [5.74, 6) is -0.150. The van der Waals surface area contributed by atoms with Crippen LogP contribution < -0.4 is 20.2 Å². The minimum absolute atomic E-state index is 0.0297. The van der Waals surface area contributed by atoms with Gasteiger partial charge < -0.3 is 19.9 Å². The van der Waals surface area contributed by atoms with E-state index in [1.165, 1.54) is 13.2 Å². The summed E-state index contributed by atoms with van der Waals surface area (Å²) in [6.07, 6.45) is 1.10. The summed E-state index contributed by atoms with van der Waals surface area (Å²) in [6.45, 7) is 1.64. The molecule has 2 aromatic rings. The molecule has 0 spiro atoms. The minimum atomic E-state index is -0.741. The van der Waals surface area contributed by atoms with Crippen LogP contribution in [0.5, 0.6) is 17.2 Å². The van der Waals surface area contributed by atoms with Crippen LogP contribution in [0.2, 0.25) is 0 Å². The van der Waals surface area contributed by atoms with Crippen LogP contribution in [0.3, 0.4) is 0 Å². The number of anilines is 1. The molecule has 0 heterocycles. The van der Waals surface area contributed by atoms with Gasteiger partial charge in [0.2, 0.25) is 5.75 Å². The van der Waals surface area contributed by atoms with Gasteiger partial charge in [0.15, 0.2) is 0 Å².